The highest BCUT2D eigenvalue weighted by molar-refractivity contribution is 7.89. The van der Waals surface area contributed by atoms with E-state index in [9.17, 15) is 65.9 Å². The van der Waals surface area contributed by atoms with E-state index < -0.39 is 75.3 Å². The summed E-state index contributed by atoms with van der Waals surface area (Å²) in [5.74, 6) is -40.0. The molecule has 1 aliphatic carbocycles. The molecule has 1 unspecified atom stereocenters. The lowest BCUT2D eigenvalue weighted by Crippen LogP contribution is -2.69. The molecule has 0 aliphatic heterocycles. The first-order valence-corrected chi connectivity index (χ1v) is 9.13. The summed E-state index contributed by atoms with van der Waals surface area (Å²) < 4.78 is 191. The second-order valence-electron chi connectivity index (χ2n) is 6.55. The summed E-state index contributed by atoms with van der Waals surface area (Å²) in [5.41, 5.74) is -3.86. The van der Waals surface area contributed by atoms with Crippen molar-refractivity contribution in [1.82, 2.24) is 0 Å². The molecule has 18 heteroatoms. The van der Waals surface area contributed by atoms with E-state index in [1.165, 1.54) is 0 Å². The fourth-order valence-electron chi connectivity index (χ4n) is 2.71. The number of allylic oxidation sites excluding steroid dienone is 3. The number of carbonyl (C=O) groups is 1. The van der Waals surface area contributed by atoms with Crippen molar-refractivity contribution in [1.29, 1.82) is 0 Å². The number of hydrogen-bond acceptors (Lipinski definition) is 3. The summed E-state index contributed by atoms with van der Waals surface area (Å²) in [6, 6.07) is 0. The minimum Gasteiger partial charge on any atom is -0.481 e. The Hall–Kier alpha value is -1.98. The van der Waals surface area contributed by atoms with E-state index in [0.717, 1.165) is 0 Å². The number of hydrogen-bond donors (Lipinski definition) is 2. The molecule has 32 heavy (non-hydrogen) atoms. The summed E-state index contributed by atoms with van der Waals surface area (Å²) in [5, 5.41) is 9.13. The Morgan fingerprint density at radius 3 is 1.81 bits per heavy atom. The Kier molecular flexibility index (Phi) is 6.84. The molecule has 0 aromatic carbocycles. The van der Waals surface area contributed by atoms with Crippen molar-refractivity contribution in [2.24, 2.45) is 5.41 Å². The highest BCUT2D eigenvalue weighted by Gasteiger charge is 2.88. The molecule has 0 radical (unpaired) electrons. The van der Waals surface area contributed by atoms with Crippen molar-refractivity contribution >= 4 is 16.1 Å². The normalized spacial score (nSPS) is 21.6. The lowest BCUT2D eigenvalue weighted by atomic mass is 9.74. The summed E-state index contributed by atoms with van der Waals surface area (Å²) in [6.07, 6.45) is -9.20. The Morgan fingerprint density at radius 2 is 1.44 bits per heavy atom. The zero-order chi connectivity index (χ0) is 25.8. The topological polar surface area (TPSA) is 91.7 Å². The number of aliphatic carboxylic acids is 1. The summed E-state index contributed by atoms with van der Waals surface area (Å²) in [4.78, 5) is 9.51. The zero-order valence-corrected chi connectivity index (χ0v) is 15.6. The molecule has 0 heterocycles. The molecule has 1 atom stereocenters. The van der Waals surface area contributed by atoms with Crippen molar-refractivity contribution in [2.75, 3.05) is 0 Å². The van der Waals surface area contributed by atoms with Crippen LogP contribution in [0.4, 0.5) is 52.7 Å². The molecular formula is C14H10F12O5S. The molecule has 2 N–H and O–H groups in total. The van der Waals surface area contributed by atoms with Crippen molar-refractivity contribution in [3.8, 4) is 0 Å². The van der Waals surface area contributed by atoms with Gasteiger partial charge in [-0.2, -0.15) is 52.3 Å². The predicted molar refractivity (Wildman–Crippen MR) is 78.8 cm³/mol. The van der Waals surface area contributed by atoms with Crippen LogP contribution in [0.2, 0.25) is 0 Å². The third-order valence-electron chi connectivity index (χ3n) is 4.47. The van der Waals surface area contributed by atoms with Crippen LogP contribution in [0.25, 0.3) is 0 Å². The van der Waals surface area contributed by atoms with Crippen LogP contribution in [-0.2, 0) is 14.9 Å². The van der Waals surface area contributed by atoms with E-state index in [1.807, 2.05) is 0 Å². The smallest absolute Gasteiger partial charge is 0.384 e. The lowest BCUT2D eigenvalue weighted by Gasteiger charge is -2.41. The maximum Gasteiger partial charge on any atom is 0.384 e. The average molecular weight is 518 g/mol. The molecule has 0 aromatic heterocycles. The van der Waals surface area contributed by atoms with Crippen LogP contribution >= 0.6 is 0 Å². The van der Waals surface area contributed by atoms with Crippen molar-refractivity contribution < 1.29 is 75.6 Å². The Balaban J connectivity index is 3.67. The van der Waals surface area contributed by atoms with Gasteiger partial charge in [-0.15, -0.1) is 0 Å². The minimum absolute atomic E-state index is 0.0961. The molecule has 0 fully saturated rings. The van der Waals surface area contributed by atoms with Gasteiger partial charge in [-0.1, -0.05) is 12.2 Å². The first-order valence-electron chi connectivity index (χ1n) is 7.69. The summed E-state index contributed by atoms with van der Waals surface area (Å²) >= 11 is 0. The Bertz CT molecular complexity index is 924. The molecular weight excluding hydrogens is 508 g/mol. The second-order valence-corrected chi connectivity index (χ2v) is 7.94. The summed E-state index contributed by atoms with van der Waals surface area (Å²) in [6.45, 7) is 0. The zero-order valence-electron chi connectivity index (χ0n) is 14.8. The largest absolute Gasteiger partial charge is 0.481 e. The van der Waals surface area contributed by atoms with Crippen LogP contribution in [0.3, 0.4) is 0 Å². The molecule has 0 bridgehead atoms. The third-order valence-corrected chi connectivity index (χ3v) is 5.56. The fraction of sp³-hybridized carbons (Fsp3) is 0.643. The maximum atomic E-state index is 14.2. The third kappa shape index (κ3) is 3.94. The lowest BCUT2D eigenvalue weighted by molar-refractivity contribution is -0.414. The molecule has 0 spiro atoms. The number of carboxylic acid groups (broad SMARTS) is 1. The molecule has 1 aliphatic rings. The minimum atomic E-state index is -7.91. The maximum absolute atomic E-state index is 14.2. The molecule has 1 rings (SSSR count). The fourth-order valence-corrected chi connectivity index (χ4v) is 3.70. The molecule has 0 saturated carbocycles. The van der Waals surface area contributed by atoms with Crippen LogP contribution in [0, 0.1) is 5.41 Å². The quantitative estimate of drug-likeness (QED) is 0.344. The van der Waals surface area contributed by atoms with E-state index in [4.69, 9.17) is 9.66 Å². The van der Waals surface area contributed by atoms with Gasteiger partial charge in [-0.05, 0) is 12.5 Å². The Morgan fingerprint density at radius 1 is 0.969 bits per heavy atom. The van der Waals surface area contributed by atoms with Crippen LogP contribution in [0.1, 0.15) is 12.8 Å². The molecule has 186 valence electrons. The Labute approximate surface area is 170 Å². The van der Waals surface area contributed by atoms with Gasteiger partial charge >= 0.3 is 42.0 Å². The van der Waals surface area contributed by atoms with E-state index in [-0.39, 0.29) is 6.08 Å². The first kappa shape index (κ1) is 28.1. The van der Waals surface area contributed by atoms with Crippen LogP contribution in [-0.4, -0.2) is 60.1 Å². The van der Waals surface area contributed by atoms with Crippen molar-refractivity contribution in [3.05, 3.63) is 23.1 Å². The van der Waals surface area contributed by atoms with E-state index in [0.29, 0.717) is 12.2 Å². The van der Waals surface area contributed by atoms with Crippen LogP contribution < -0.4 is 0 Å². The number of carboxylic acids is 1. The molecule has 0 amide bonds. The van der Waals surface area contributed by atoms with Gasteiger partial charge in [0.15, 0.2) is 0 Å². The average Bonchev–Trinajstić information content (AvgIpc) is 2.59. The van der Waals surface area contributed by atoms with Crippen LogP contribution in [0.15, 0.2) is 23.1 Å². The van der Waals surface area contributed by atoms with Crippen molar-refractivity contribution in [3.63, 3.8) is 0 Å². The van der Waals surface area contributed by atoms with Gasteiger partial charge in [0.2, 0.25) is 0 Å². The molecule has 5 nitrogen and oxygen atoms in total. The summed E-state index contributed by atoms with van der Waals surface area (Å²) in [7, 11) is -5.80. The molecule has 0 aromatic rings. The monoisotopic (exact) mass is 518 g/mol. The van der Waals surface area contributed by atoms with Gasteiger partial charge in [0.1, 0.15) is 5.41 Å². The van der Waals surface area contributed by atoms with Gasteiger partial charge in [0.25, 0.3) is 10.1 Å². The predicted octanol–water partition coefficient (Wildman–Crippen LogP) is 4.62. The first-order chi connectivity index (χ1) is 13.9. The number of halogens is 12. The van der Waals surface area contributed by atoms with E-state index in [2.05, 4.69) is 0 Å². The van der Waals surface area contributed by atoms with Gasteiger partial charge in [-0.25, -0.2) is 8.78 Å². The van der Waals surface area contributed by atoms with Crippen molar-refractivity contribution in [2.45, 2.75) is 48.9 Å². The van der Waals surface area contributed by atoms with Crippen LogP contribution in [0.5, 0.6) is 0 Å². The number of rotatable bonds is 9. The molecule has 0 saturated heterocycles. The number of alkyl halides is 12. The van der Waals surface area contributed by atoms with Gasteiger partial charge < -0.3 is 5.11 Å². The highest BCUT2D eigenvalue weighted by Crippen LogP contribution is 2.60. The van der Waals surface area contributed by atoms with Gasteiger partial charge in [0, 0.05) is 6.42 Å². The second kappa shape index (κ2) is 7.81. The highest BCUT2D eigenvalue weighted by atomic mass is 32.2. The SMILES string of the molecule is O=C(O)C1(CC(F)(F)C(F)(F)C(F)(F)C(F)(F)C(F)(F)C(F)F)CC=CC=C1S(=O)(=O)O. The van der Waals surface area contributed by atoms with E-state index in [1.54, 1.807) is 0 Å². The standard InChI is InChI=1S/C14H10F12O5S/c15-7(16)11(19,20)13(23,24)14(25,26)12(21,22)10(17,18)5-9(8(27)28)4-2-1-3-6(9)32(29,30)31/h1-3,7H,4-5H2,(H,27,28)(H,29,30,31). The van der Waals surface area contributed by atoms with E-state index >= 15 is 0 Å². The van der Waals surface area contributed by atoms with Gasteiger partial charge in [0.05, 0.1) is 4.91 Å². The van der Waals surface area contributed by atoms with Gasteiger partial charge in [-0.3, -0.25) is 9.35 Å².